The maximum absolute atomic E-state index is 12.8. The number of nitrogens with zero attached hydrogens (tertiary/aromatic N) is 6. The number of urea groups is 1. The van der Waals surface area contributed by atoms with E-state index in [0.29, 0.717) is 47.8 Å². The lowest BCUT2D eigenvalue weighted by molar-refractivity contribution is 0.0664. The van der Waals surface area contributed by atoms with Crippen molar-refractivity contribution in [1.29, 1.82) is 0 Å². The van der Waals surface area contributed by atoms with Crippen LogP contribution in [0.3, 0.4) is 0 Å². The molecule has 2 saturated heterocycles. The minimum Gasteiger partial charge on any atom is -0.378 e. The smallest absolute Gasteiger partial charge is 0.323 e. The number of nitrogens with one attached hydrogen (secondary N) is 2. The van der Waals surface area contributed by atoms with E-state index in [1.807, 2.05) is 29.2 Å². The van der Waals surface area contributed by atoms with Gasteiger partial charge in [0.25, 0.3) is 5.91 Å². The van der Waals surface area contributed by atoms with Gasteiger partial charge in [0.05, 0.1) is 13.2 Å². The molecule has 0 spiro atoms. The second-order valence-electron chi connectivity index (χ2n) is 10.9. The van der Waals surface area contributed by atoms with Gasteiger partial charge in [-0.1, -0.05) is 13.8 Å². The molecule has 11 heteroatoms. The summed E-state index contributed by atoms with van der Waals surface area (Å²) in [6.45, 7) is 10.3. The molecule has 0 saturated carbocycles. The van der Waals surface area contributed by atoms with E-state index in [-0.39, 0.29) is 11.9 Å². The Bertz CT molecular complexity index is 1330. The SMILES string of the molecule is CC(C)Cc1nc(-c2ccc(NC(=O)Nc3ccc(C(=O)N4CCN(C)CC4)cc3)cc2)nc(N2CCOCC2)n1. The Labute approximate surface area is 240 Å². The average Bonchev–Trinajstić information content (AvgIpc) is 2.98. The molecule has 2 aliphatic heterocycles. The van der Waals surface area contributed by atoms with E-state index in [2.05, 4.69) is 41.3 Å². The van der Waals surface area contributed by atoms with E-state index in [1.54, 1.807) is 24.3 Å². The normalized spacial score (nSPS) is 16.1. The first kappa shape index (κ1) is 28.4. The highest BCUT2D eigenvalue weighted by molar-refractivity contribution is 6.00. The number of likely N-dealkylation sites (N-methyl/N-ethyl adjacent to an activating group) is 1. The van der Waals surface area contributed by atoms with Crippen molar-refractivity contribution >= 4 is 29.3 Å². The van der Waals surface area contributed by atoms with Gasteiger partial charge in [0.15, 0.2) is 5.82 Å². The van der Waals surface area contributed by atoms with Gasteiger partial charge in [-0.3, -0.25) is 4.79 Å². The van der Waals surface area contributed by atoms with Crippen LogP contribution < -0.4 is 15.5 Å². The number of piperazine rings is 1. The molecule has 0 bridgehead atoms. The quantitative estimate of drug-likeness (QED) is 0.452. The molecule has 11 nitrogen and oxygen atoms in total. The fourth-order valence-corrected chi connectivity index (χ4v) is 4.78. The number of rotatable bonds is 7. The van der Waals surface area contributed by atoms with Crippen molar-refractivity contribution in [2.24, 2.45) is 5.92 Å². The first-order chi connectivity index (χ1) is 19.8. The highest BCUT2D eigenvalue weighted by Gasteiger charge is 2.21. The maximum atomic E-state index is 12.8. The molecule has 216 valence electrons. The van der Waals surface area contributed by atoms with Crippen molar-refractivity contribution in [2.45, 2.75) is 20.3 Å². The van der Waals surface area contributed by atoms with E-state index < -0.39 is 0 Å². The van der Waals surface area contributed by atoms with Crippen LogP contribution in [0.25, 0.3) is 11.4 Å². The number of hydrogen-bond acceptors (Lipinski definition) is 8. The van der Waals surface area contributed by atoms with E-state index in [9.17, 15) is 9.59 Å². The Morgan fingerprint density at radius 1 is 0.829 bits per heavy atom. The number of anilines is 3. The predicted molar refractivity (Wildman–Crippen MR) is 159 cm³/mol. The predicted octanol–water partition coefficient (Wildman–Crippen LogP) is 3.61. The second kappa shape index (κ2) is 13.0. The zero-order valence-corrected chi connectivity index (χ0v) is 24.0. The maximum Gasteiger partial charge on any atom is 0.323 e. The summed E-state index contributed by atoms with van der Waals surface area (Å²) in [5.74, 6) is 2.48. The lowest BCUT2D eigenvalue weighted by Gasteiger charge is -2.32. The van der Waals surface area contributed by atoms with Crippen LogP contribution in [0, 0.1) is 5.92 Å². The largest absolute Gasteiger partial charge is 0.378 e. The molecule has 0 atom stereocenters. The van der Waals surface area contributed by atoms with Crippen molar-refractivity contribution in [1.82, 2.24) is 24.8 Å². The molecule has 0 unspecified atom stereocenters. The van der Waals surface area contributed by atoms with E-state index in [4.69, 9.17) is 19.7 Å². The van der Waals surface area contributed by atoms with Crippen LogP contribution >= 0.6 is 0 Å². The molecule has 41 heavy (non-hydrogen) atoms. The van der Waals surface area contributed by atoms with Gasteiger partial charge in [-0.15, -0.1) is 0 Å². The molecule has 2 aliphatic rings. The summed E-state index contributed by atoms with van der Waals surface area (Å²) in [6, 6.07) is 14.1. The fraction of sp³-hybridized carbons (Fsp3) is 0.433. The Hall–Kier alpha value is -4.09. The summed E-state index contributed by atoms with van der Waals surface area (Å²) >= 11 is 0. The third kappa shape index (κ3) is 7.56. The summed E-state index contributed by atoms with van der Waals surface area (Å²) in [7, 11) is 2.06. The molecule has 0 radical (unpaired) electrons. The number of carbonyl (C=O) groups excluding carboxylic acids is 2. The molecular formula is C30H38N8O3. The zero-order valence-electron chi connectivity index (χ0n) is 24.0. The average molecular weight is 559 g/mol. The highest BCUT2D eigenvalue weighted by atomic mass is 16.5. The van der Waals surface area contributed by atoms with Crippen molar-refractivity contribution in [3.63, 3.8) is 0 Å². The van der Waals surface area contributed by atoms with Crippen LogP contribution in [0.15, 0.2) is 48.5 Å². The van der Waals surface area contributed by atoms with Crippen molar-refractivity contribution in [3.8, 4) is 11.4 Å². The number of hydrogen-bond donors (Lipinski definition) is 2. The molecule has 3 amide bonds. The Balaban J connectivity index is 1.21. The molecular weight excluding hydrogens is 520 g/mol. The van der Waals surface area contributed by atoms with Crippen molar-refractivity contribution < 1.29 is 14.3 Å². The molecule has 3 aromatic rings. The Morgan fingerprint density at radius 3 is 2.05 bits per heavy atom. The highest BCUT2D eigenvalue weighted by Crippen LogP contribution is 2.22. The Morgan fingerprint density at radius 2 is 1.44 bits per heavy atom. The molecule has 0 aliphatic carbocycles. The molecule has 1 aromatic heterocycles. The van der Waals surface area contributed by atoms with Crippen LogP contribution in [0.4, 0.5) is 22.1 Å². The molecule has 2 aromatic carbocycles. The van der Waals surface area contributed by atoms with Crippen LogP contribution in [0.5, 0.6) is 0 Å². The van der Waals surface area contributed by atoms with E-state index >= 15 is 0 Å². The standard InChI is InChI=1S/C30H38N8O3/c1-21(2)20-26-33-27(35-29(34-26)38-16-18-41-19-17-38)22-4-8-24(9-5-22)31-30(40)32-25-10-6-23(7-11-25)28(39)37-14-12-36(3)13-15-37/h4-11,21H,12-20H2,1-3H3,(H2,31,32,40). The van der Waals surface area contributed by atoms with E-state index in [1.165, 1.54) is 0 Å². The molecule has 5 rings (SSSR count). The summed E-state index contributed by atoms with van der Waals surface area (Å²) in [4.78, 5) is 45.8. The van der Waals surface area contributed by atoms with Gasteiger partial charge < -0.3 is 30.1 Å². The van der Waals surface area contributed by atoms with Gasteiger partial charge in [0, 0.05) is 68.2 Å². The van der Waals surface area contributed by atoms with Crippen LogP contribution in [0.1, 0.15) is 30.0 Å². The van der Waals surface area contributed by atoms with Crippen LogP contribution in [-0.2, 0) is 11.2 Å². The van der Waals surface area contributed by atoms with Gasteiger partial charge >= 0.3 is 6.03 Å². The third-order valence-corrected chi connectivity index (χ3v) is 7.14. The second-order valence-corrected chi connectivity index (χ2v) is 10.9. The van der Waals surface area contributed by atoms with E-state index in [0.717, 1.165) is 57.1 Å². The monoisotopic (exact) mass is 558 g/mol. The van der Waals surface area contributed by atoms with Gasteiger partial charge in [-0.05, 0) is 61.5 Å². The lowest BCUT2D eigenvalue weighted by Crippen LogP contribution is -2.47. The summed E-state index contributed by atoms with van der Waals surface area (Å²) < 4.78 is 5.48. The summed E-state index contributed by atoms with van der Waals surface area (Å²) in [5.41, 5.74) is 2.70. The minimum atomic E-state index is -0.370. The third-order valence-electron chi connectivity index (χ3n) is 7.14. The first-order valence-corrected chi connectivity index (χ1v) is 14.2. The number of carbonyl (C=O) groups is 2. The van der Waals surface area contributed by atoms with Gasteiger partial charge in [-0.2, -0.15) is 9.97 Å². The molecule has 2 fully saturated rings. The molecule has 3 heterocycles. The number of morpholine rings is 1. The fourth-order valence-electron chi connectivity index (χ4n) is 4.78. The van der Waals surface area contributed by atoms with Crippen molar-refractivity contribution in [2.75, 3.05) is 75.1 Å². The van der Waals surface area contributed by atoms with Gasteiger partial charge in [-0.25, -0.2) is 9.78 Å². The topological polar surface area (TPSA) is 116 Å². The van der Waals surface area contributed by atoms with Crippen LogP contribution in [-0.4, -0.2) is 96.2 Å². The van der Waals surface area contributed by atoms with Crippen molar-refractivity contribution in [3.05, 3.63) is 59.9 Å². The van der Waals surface area contributed by atoms with Gasteiger partial charge in [0.2, 0.25) is 5.95 Å². The Kier molecular flexibility index (Phi) is 9.05. The zero-order chi connectivity index (χ0) is 28.8. The number of benzene rings is 2. The van der Waals surface area contributed by atoms with Gasteiger partial charge in [0.1, 0.15) is 5.82 Å². The minimum absolute atomic E-state index is 0.0146. The number of amides is 3. The summed E-state index contributed by atoms with van der Waals surface area (Å²) in [5, 5.41) is 5.69. The summed E-state index contributed by atoms with van der Waals surface area (Å²) in [6.07, 6.45) is 0.762. The number of aromatic nitrogens is 3. The molecule has 2 N–H and O–H groups in total. The lowest BCUT2D eigenvalue weighted by atomic mass is 10.1. The van der Waals surface area contributed by atoms with Crippen LogP contribution in [0.2, 0.25) is 0 Å². The number of ether oxygens (including phenoxy) is 1. The first-order valence-electron chi connectivity index (χ1n) is 14.2.